The first-order valence-electron chi connectivity index (χ1n) is 8.38. The molecule has 0 saturated carbocycles. The molecule has 0 atom stereocenters. The second-order valence-electron chi connectivity index (χ2n) is 6.89. The van der Waals surface area contributed by atoms with E-state index >= 15 is 0 Å². The standard InChI is InChI=1S/C20H25N3O3/c1-20(2,3)23-19(25)14-8-7-9-15(12-14)22-18(24)13-21-16-10-5-6-11-17(16)26-4/h5-12,21H,13H2,1-4H3,(H,22,24)(H,23,25). The van der Waals surface area contributed by atoms with Crippen LogP contribution in [0.25, 0.3) is 0 Å². The van der Waals surface area contributed by atoms with Crippen molar-refractivity contribution >= 4 is 23.2 Å². The largest absolute Gasteiger partial charge is 0.495 e. The fourth-order valence-corrected chi connectivity index (χ4v) is 2.32. The van der Waals surface area contributed by atoms with Gasteiger partial charge in [0, 0.05) is 16.8 Å². The van der Waals surface area contributed by atoms with Gasteiger partial charge in [-0.25, -0.2) is 0 Å². The minimum atomic E-state index is -0.324. The highest BCUT2D eigenvalue weighted by Crippen LogP contribution is 2.22. The van der Waals surface area contributed by atoms with Gasteiger partial charge in [-0.15, -0.1) is 0 Å². The number of nitrogens with one attached hydrogen (secondary N) is 3. The summed E-state index contributed by atoms with van der Waals surface area (Å²) in [5.74, 6) is 0.270. The zero-order valence-corrected chi connectivity index (χ0v) is 15.6. The highest BCUT2D eigenvalue weighted by molar-refractivity contribution is 5.98. The molecule has 2 rings (SSSR count). The lowest BCUT2D eigenvalue weighted by atomic mass is 10.1. The molecule has 6 nitrogen and oxygen atoms in total. The summed E-state index contributed by atoms with van der Waals surface area (Å²) in [5.41, 5.74) is 1.48. The molecule has 0 aromatic heterocycles. The molecule has 0 heterocycles. The summed E-state index contributed by atoms with van der Waals surface area (Å²) >= 11 is 0. The van der Waals surface area contributed by atoms with E-state index in [1.165, 1.54) is 0 Å². The molecule has 6 heteroatoms. The summed E-state index contributed by atoms with van der Waals surface area (Å²) in [4.78, 5) is 24.4. The number of para-hydroxylation sites is 2. The smallest absolute Gasteiger partial charge is 0.251 e. The maximum absolute atomic E-state index is 12.2. The number of benzene rings is 2. The van der Waals surface area contributed by atoms with E-state index in [0.717, 1.165) is 5.69 Å². The van der Waals surface area contributed by atoms with E-state index in [0.29, 0.717) is 17.0 Å². The van der Waals surface area contributed by atoms with Crippen LogP contribution in [0.3, 0.4) is 0 Å². The van der Waals surface area contributed by atoms with E-state index in [2.05, 4.69) is 16.0 Å². The number of amides is 2. The van der Waals surface area contributed by atoms with E-state index in [-0.39, 0.29) is 23.9 Å². The molecule has 0 unspecified atom stereocenters. The normalized spacial score (nSPS) is 10.8. The molecule has 2 aromatic carbocycles. The van der Waals surface area contributed by atoms with E-state index in [1.807, 2.05) is 45.0 Å². The lowest BCUT2D eigenvalue weighted by molar-refractivity contribution is -0.114. The zero-order valence-electron chi connectivity index (χ0n) is 15.6. The van der Waals surface area contributed by atoms with Gasteiger partial charge in [0.1, 0.15) is 5.75 Å². The first kappa shape index (κ1) is 19.3. The molecular formula is C20H25N3O3. The zero-order chi connectivity index (χ0) is 19.2. The number of hydrogen-bond acceptors (Lipinski definition) is 4. The van der Waals surface area contributed by atoms with Crippen LogP contribution in [0, 0.1) is 0 Å². The first-order valence-corrected chi connectivity index (χ1v) is 8.38. The predicted octanol–water partition coefficient (Wildman–Crippen LogP) is 3.27. The van der Waals surface area contributed by atoms with Crippen molar-refractivity contribution in [1.29, 1.82) is 0 Å². The van der Waals surface area contributed by atoms with Crippen LogP contribution in [0.1, 0.15) is 31.1 Å². The van der Waals surface area contributed by atoms with Gasteiger partial charge in [0.05, 0.1) is 19.3 Å². The Balaban J connectivity index is 1.97. The lowest BCUT2D eigenvalue weighted by Crippen LogP contribution is -2.40. The van der Waals surface area contributed by atoms with Crippen LogP contribution in [0.15, 0.2) is 48.5 Å². The minimum absolute atomic E-state index is 0.0821. The number of anilines is 2. The topological polar surface area (TPSA) is 79.5 Å². The van der Waals surface area contributed by atoms with Crippen molar-refractivity contribution < 1.29 is 14.3 Å². The van der Waals surface area contributed by atoms with Crippen molar-refractivity contribution in [3.8, 4) is 5.75 Å². The van der Waals surface area contributed by atoms with Crippen molar-refractivity contribution in [2.75, 3.05) is 24.3 Å². The number of methoxy groups -OCH3 is 1. The fraction of sp³-hybridized carbons (Fsp3) is 0.300. The Morgan fingerprint density at radius 3 is 2.46 bits per heavy atom. The van der Waals surface area contributed by atoms with Gasteiger partial charge in [0.25, 0.3) is 5.91 Å². The SMILES string of the molecule is COc1ccccc1NCC(=O)Nc1cccc(C(=O)NC(C)(C)C)c1. The van der Waals surface area contributed by atoms with Gasteiger partial charge in [-0.3, -0.25) is 9.59 Å². The average Bonchev–Trinajstić information content (AvgIpc) is 2.59. The molecule has 0 spiro atoms. The summed E-state index contributed by atoms with van der Waals surface area (Å²) in [5, 5.41) is 8.72. The van der Waals surface area contributed by atoms with Crippen molar-refractivity contribution in [3.63, 3.8) is 0 Å². The molecule has 0 aliphatic carbocycles. The third kappa shape index (κ3) is 5.81. The van der Waals surface area contributed by atoms with Crippen molar-refractivity contribution in [1.82, 2.24) is 5.32 Å². The van der Waals surface area contributed by atoms with Crippen molar-refractivity contribution in [2.24, 2.45) is 0 Å². The molecule has 0 radical (unpaired) electrons. The molecule has 0 fully saturated rings. The second kappa shape index (κ2) is 8.38. The quantitative estimate of drug-likeness (QED) is 0.743. The molecule has 2 amide bonds. The molecule has 0 aliphatic rings. The van der Waals surface area contributed by atoms with Crippen LogP contribution in [0.4, 0.5) is 11.4 Å². The average molecular weight is 355 g/mol. The summed E-state index contributed by atoms with van der Waals surface area (Å²) in [6.07, 6.45) is 0. The van der Waals surface area contributed by atoms with Gasteiger partial charge in [-0.2, -0.15) is 0 Å². The summed E-state index contributed by atoms with van der Waals surface area (Å²) < 4.78 is 5.24. The number of ether oxygens (including phenoxy) is 1. The summed E-state index contributed by atoms with van der Waals surface area (Å²) in [7, 11) is 1.58. The van der Waals surface area contributed by atoms with Crippen LogP contribution < -0.4 is 20.7 Å². The van der Waals surface area contributed by atoms with E-state index in [9.17, 15) is 9.59 Å². The Morgan fingerprint density at radius 1 is 1.04 bits per heavy atom. The van der Waals surface area contributed by atoms with E-state index in [1.54, 1.807) is 31.4 Å². The second-order valence-corrected chi connectivity index (χ2v) is 6.89. The maximum atomic E-state index is 12.2. The fourth-order valence-electron chi connectivity index (χ4n) is 2.32. The Labute approximate surface area is 153 Å². The van der Waals surface area contributed by atoms with Gasteiger partial charge in [0.15, 0.2) is 0 Å². The third-order valence-electron chi connectivity index (χ3n) is 3.44. The van der Waals surface area contributed by atoms with Crippen LogP contribution in [-0.4, -0.2) is 31.0 Å². The van der Waals surface area contributed by atoms with Gasteiger partial charge in [-0.1, -0.05) is 18.2 Å². The molecule has 0 saturated heterocycles. The molecular weight excluding hydrogens is 330 g/mol. The number of rotatable bonds is 6. The molecule has 0 bridgehead atoms. The molecule has 2 aromatic rings. The summed E-state index contributed by atoms with van der Waals surface area (Å²) in [6.45, 7) is 5.83. The van der Waals surface area contributed by atoms with Crippen LogP contribution in [0.2, 0.25) is 0 Å². The number of carbonyl (C=O) groups excluding carboxylic acids is 2. The minimum Gasteiger partial charge on any atom is -0.495 e. The summed E-state index contributed by atoms with van der Waals surface area (Å²) in [6, 6.07) is 14.2. The predicted molar refractivity (Wildman–Crippen MR) is 104 cm³/mol. The maximum Gasteiger partial charge on any atom is 0.251 e. The van der Waals surface area contributed by atoms with Crippen LogP contribution in [-0.2, 0) is 4.79 Å². The van der Waals surface area contributed by atoms with E-state index < -0.39 is 0 Å². The Hall–Kier alpha value is -3.02. The van der Waals surface area contributed by atoms with Crippen LogP contribution >= 0.6 is 0 Å². The molecule has 26 heavy (non-hydrogen) atoms. The van der Waals surface area contributed by atoms with Crippen molar-refractivity contribution in [3.05, 3.63) is 54.1 Å². The van der Waals surface area contributed by atoms with Gasteiger partial charge >= 0.3 is 0 Å². The monoisotopic (exact) mass is 355 g/mol. The molecule has 138 valence electrons. The lowest BCUT2D eigenvalue weighted by Gasteiger charge is -2.20. The third-order valence-corrected chi connectivity index (χ3v) is 3.44. The molecule has 0 aliphatic heterocycles. The van der Waals surface area contributed by atoms with Gasteiger partial charge < -0.3 is 20.7 Å². The Morgan fingerprint density at radius 2 is 1.77 bits per heavy atom. The van der Waals surface area contributed by atoms with Crippen molar-refractivity contribution in [2.45, 2.75) is 26.3 Å². The Kier molecular flexibility index (Phi) is 6.22. The number of hydrogen-bond donors (Lipinski definition) is 3. The highest BCUT2D eigenvalue weighted by atomic mass is 16.5. The Bertz CT molecular complexity index is 782. The first-order chi connectivity index (χ1) is 12.3. The van der Waals surface area contributed by atoms with Gasteiger partial charge in [0.2, 0.25) is 5.91 Å². The highest BCUT2D eigenvalue weighted by Gasteiger charge is 2.15. The van der Waals surface area contributed by atoms with Gasteiger partial charge in [-0.05, 0) is 51.1 Å². The molecule has 3 N–H and O–H groups in total. The number of carbonyl (C=O) groups is 2. The van der Waals surface area contributed by atoms with Crippen LogP contribution in [0.5, 0.6) is 5.75 Å². The van der Waals surface area contributed by atoms with E-state index in [4.69, 9.17) is 4.74 Å².